The van der Waals surface area contributed by atoms with Crippen LogP contribution in [-0.4, -0.2) is 18.6 Å². The first-order chi connectivity index (χ1) is 8.79. The topological polar surface area (TPSA) is 38.3 Å². The highest BCUT2D eigenvalue weighted by Gasteiger charge is 2.16. The van der Waals surface area contributed by atoms with Crippen LogP contribution in [0.5, 0.6) is 0 Å². The van der Waals surface area contributed by atoms with E-state index in [4.69, 9.17) is 16.3 Å². The van der Waals surface area contributed by atoms with Gasteiger partial charge in [0.15, 0.2) is 0 Å². The first-order valence-electron chi connectivity index (χ1n) is 6.35. The summed E-state index contributed by atoms with van der Waals surface area (Å²) in [5, 5.41) is 2.91. The zero-order valence-electron chi connectivity index (χ0n) is 10.3. The highest BCUT2D eigenvalue weighted by Crippen LogP contribution is 2.19. The highest BCUT2D eigenvalue weighted by atomic mass is 35.5. The normalized spacial score (nSPS) is 18.8. The van der Waals surface area contributed by atoms with Gasteiger partial charge in [-0.1, -0.05) is 18.2 Å². The minimum Gasteiger partial charge on any atom is -0.378 e. The lowest BCUT2D eigenvalue weighted by Gasteiger charge is -2.11. The van der Waals surface area contributed by atoms with Crippen LogP contribution in [0.15, 0.2) is 24.3 Å². The molecular formula is C14H18ClNO2. The molecule has 0 bridgehead atoms. The second-order valence-corrected chi connectivity index (χ2v) is 4.78. The average molecular weight is 268 g/mol. The molecule has 3 nitrogen and oxygen atoms in total. The number of amides is 1. The molecular weight excluding hydrogens is 250 g/mol. The molecule has 1 N–H and O–H groups in total. The number of hydrogen-bond donors (Lipinski definition) is 1. The standard InChI is InChI=1S/C14H18ClNO2/c15-10-11-4-1-2-6-13(11)16-14(17)8-7-12-5-3-9-18-12/h1-2,4,6,12H,3,5,7-10H2,(H,16,17). The van der Waals surface area contributed by atoms with Crippen LogP contribution in [0.3, 0.4) is 0 Å². The summed E-state index contributed by atoms with van der Waals surface area (Å²) in [6.07, 6.45) is 3.75. The molecule has 1 amide bonds. The lowest BCUT2D eigenvalue weighted by atomic mass is 10.1. The molecule has 1 fully saturated rings. The number of carbonyl (C=O) groups excluding carboxylic acids is 1. The Morgan fingerprint density at radius 3 is 3.00 bits per heavy atom. The highest BCUT2D eigenvalue weighted by molar-refractivity contribution is 6.17. The summed E-state index contributed by atoms with van der Waals surface area (Å²) >= 11 is 5.82. The lowest BCUT2D eigenvalue weighted by molar-refractivity contribution is -0.116. The molecule has 0 aromatic heterocycles. The van der Waals surface area contributed by atoms with E-state index in [1.165, 1.54) is 0 Å². The van der Waals surface area contributed by atoms with Gasteiger partial charge in [0.2, 0.25) is 5.91 Å². The van der Waals surface area contributed by atoms with E-state index in [0.717, 1.165) is 37.1 Å². The van der Waals surface area contributed by atoms with E-state index < -0.39 is 0 Å². The number of ether oxygens (including phenoxy) is 1. The van der Waals surface area contributed by atoms with Gasteiger partial charge in [-0.25, -0.2) is 0 Å². The summed E-state index contributed by atoms with van der Waals surface area (Å²) in [6, 6.07) is 7.61. The molecule has 1 heterocycles. The molecule has 98 valence electrons. The molecule has 1 unspecified atom stereocenters. The summed E-state index contributed by atoms with van der Waals surface area (Å²) < 4.78 is 5.50. The molecule has 1 aliphatic heterocycles. The number of benzene rings is 1. The maximum atomic E-state index is 11.8. The Kier molecular flexibility index (Phi) is 5.02. The van der Waals surface area contributed by atoms with Gasteiger partial charge in [0, 0.05) is 24.6 Å². The first-order valence-corrected chi connectivity index (χ1v) is 6.88. The first kappa shape index (κ1) is 13.4. The predicted octanol–water partition coefficient (Wildman–Crippen LogP) is 3.32. The molecule has 0 radical (unpaired) electrons. The number of rotatable bonds is 5. The Bertz CT molecular complexity index is 403. The molecule has 1 aromatic carbocycles. The fourth-order valence-corrected chi connectivity index (χ4v) is 2.37. The number of halogens is 1. The van der Waals surface area contributed by atoms with E-state index in [9.17, 15) is 4.79 Å². The Balaban J connectivity index is 1.82. The predicted molar refractivity (Wildman–Crippen MR) is 72.8 cm³/mol. The number of para-hydroxylation sites is 1. The van der Waals surface area contributed by atoms with Gasteiger partial charge in [-0.3, -0.25) is 4.79 Å². The number of carbonyl (C=O) groups is 1. The van der Waals surface area contributed by atoms with E-state index in [2.05, 4.69) is 5.32 Å². The van der Waals surface area contributed by atoms with Gasteiger partial charge in [-0.15, -0.1) is 11.6 Å². The van der Waals surface area contributed by atoms with Crippen LogP contribution < -0.4 is 5.32 Å². The molecule has 2 rings (SSSR count). The smallest absolute Gasteiger partial charge is 0.224 e. The zero-order valence-corrected chi connectivity index (χ0v) is 11.1. The number of anilines is 1. The van der Waals surface area contributed by atoms with Crippen molar-refractivity contribution in [2.75, 3.05) is 11.9 Å². The fraction of sp³-hybridized carbons (Fsp3) is 0.500. The van der Waals surface area contributed by atoms with Crippen molar-refractivity contribution in [3.8, 4) is 0 Å². The van der Waals surface area contributed by atoms with Gasteiger partial charge in [0.05, 0.1) is 6.10 Å². The molecule has 0 aliphatic carbocycles. The third-order valence-electron chi connectivity index (χ3n) is 3.15. The van der Waals surface area contributed by atoms with Crippen molar-refractivity contribution in [1.82, 2.24) is 0 Å². The molecule has 0 spiro atoms. The van der Waals surface area contributed by atoms with Crippen LogP contribution in [0.1, 0.15) is 31.2 Å². The average Bonchev–Trinajstić information content (AvgIpc) is 2.90. The van der Waals surface area contributed by atoms with Crippen molar-refractivity contribution < 1.29 is 9.53 Å². The molecule has 1 aliphatic rings. The van der Waals surface area contributed by atoms with Crippen LogP contribution in [0, 0.1) is 0 Å². The van der Waals surface area contributed by atoms with Crippen LogP contribution >= 0.6 is 11.6 Å². The fourth-order valence-electron chi connectivity index (χ4n) is 2.14. The van der Waals surface area contributed by atoms with Crippen LogP contribution in [0.2, 0.25) is 0 Å². The summed E-state index contributed by atoms with van der Waals surface area (Å²) in [7, 11) is 0. The Morgan fingerprint density at radius 1 is 1.44 bits per heavy atom. The number of hydrogen-bond acceptors (Lipinski definition) is 2. The van der Waals surface area contributed by atoms with Crippen molar-refractivity contribution in [1.29, 1.82) is 0 Å². The van der Waals surface area contributed by atoms with Crippen molar-refractivity contribution in [3.05, 3.63) is 29.8 Å². The van der Waals surface area contributed by atoms with Gasteiger partial charge in [0.1, 0.15) is 0 Å². The minimum absolute atomic E-state index is 0.0306. The van der Waals surface area contributed by atoms with E-state index in [0.29, 0.717) is 12.3 Å². The van der Waals surface area contributed by atoms with E-state index >= 15 is 0 Å². The summed E-state index contributed by atoms with van der Waals surface area (Å²) in [4.78, 5) is 11.8. The van der Waals surface area contributed by atoms with E-state index in [-0.39, 0.29) is 12.0 Å². The lowest BCUT2D eigenvalue weighted by Crippen LogP contribution is -2.16. The Labute approximate surface area is 112 Å². The molecule has 1 atom stereocenters. The minimum atomic E-state index is 0.0306. The summed E-state index contributed by atoms with van der Waals surface area (Å²) in [5.74, 6) is 0.436. The molecule has 1 aromatic rings. The quantitative estimate of drug-likeness (QED) is 0.831. The van der Waals surface area contributed by atoms with Crippen LogP contribution in [-0.2, 0) is 15.4 Å². The second-order valence-electron chi connectivity index (χ2n) is 4.51. The molecule has 1 saturated heterocycles. The van der Waals surface area contributed by atoms with Crippen molar-refractivity contribution >= 4 is 23.2 Å². The van der Waals surface area contributed by atoms with Crippen molar-refractivity contribution in [3.63, 3.8) is 0 Å². The summed E-state index contributed by atoms with van der Waals surface area (Å²) in [6.45, 7) is 0.835. The largest absolute Gasteiger partial charge is 0.378 e. The SMILES string of the molecule is O=C(CCC1CCCO1)Nc1ccccc1CCl. The third kappa shape index (κ3) is 3.72. The monoisotopic (exact) mass is 267 g/mol. The molecule has 4 heteroatoms. The van der Waals surface area contributed by atoms with Crippen molar-refractivity contribution in [2.45, 2.75) is 37.7 Å². The third-order valence-corrected chi connectivity index (χ3v) is 3.44. The maximum Gasteiger partial charge on any atom is 0.224 e. The van der Waals surface area contributed by atoms with Gasteiger partial charge in [-0.2, -0.15) is 0 Å². The van der Waals surface area contributed by atoms with Gasteiger partial charge < -0.3 is 10.1 Å². The second kappa shape index (κ2) is 6.76. The van der Waals surface area contributed by atoms with Gasteiger partial charge in [-0.05, 0) is 30.9 Å². The van der Waals surface area contributed by atoms with Crippen LogP contribution in [0.25, 0.3) is 0 Å². The number of alkyl halides is 1. The number of nitrogens with one attached hydrogen (secondary N) is 1. The Morgan fingerprint density at radius 2 is 2.28 bits per heavy atom. The van der Waals surface area contributed by atoms with Gasteiger partial charge in [0.25, 0.3) is 0 Å². The summed E-state index contributed by atoms with van der Waals surface area (Å²) in [5.41, 5.74) is 1.76. The molecule has 0 saturated carbocycles. The van der Waals surface area contributed by atoms with Crippen molar-refractivity contribution in [2.24, 2.45) is 0 Å². The molecule has 18 heavy (non-hydrogen) atoms. The van der Waals surface area contributed by atoms with Crippen LogP contribution in [0.4, 0.5) is 5.69 Å². The van der Waals surface area contributed by atoms with E-state index in [1.807, 2.05) is 24.3 Å². The maximum absolute atomic E-state index is 11.8. The zero-order chi connectivity index (χ0) is 12.8. The van der Waals surface area contributed by atoms with E-state index in [1.54, 1.807) is 0 Å². The van der Waals surface area contributed by atoms with Gasteiger partial charge >= 0.3 is 0 Å². The Hall–Kier alpha value is -1.06.